The standard InChI is InChI=1S/C22H29N3O6S/c1-4-5-12-31-20(27)14-16-21(28)23-10-11-25(16)22(32)24-19(26)9-7-15-6-8-17(29-2)18(13-15)30-3/h6-9,13,16H,4-5,10-12,14H2,1-3H3,(H,23,28)(H,24,26,32)/b9-7+. The van der Waals surface area contributed by atoms with Crippen LogP contribution in [0.1, 0.15) is 31.7 Å². The van der Waals surface area contributed by atoms with Gasteiger partial charge < -0.3 is 24.4 Å². The first-order valence-corrected chi connectivity index (χ1v) is 10.8. The highest BCUT2D eigenvalue weighted by atomic mass is 32.1. The maximum Gasteiger partial charge on any atom is 0.308 e. The van der Waals surface area contributed by atoms with E-state index in [0.717, 1.165) is 18.4 Å². The largest absolute Gasteiger partial charge is 0.493 e. The van der Waals surface area contributed by atoms with E-state index in [1.54, 1.807) is 31.4 Å². The summed E-state index contributed by atoms with van der Waals surface area (Å²) in [6.45, 7) is 3.03. The Kier molecular flexibility index (Phi) is 9.93. The fraction of sp³-hybridized carbons (Fsp3) is 0.455. The van der Waals surface area contributed by atoms with Crippen LogP contribution in [-0.4, -0.2) is 67.8 Å². The molecule has 9 nitrogen and oxygen atoms in total. The summed E-state index contributed by atoms with van der Waals surface area (Å²) in [5.41, 5.74) is 0.730. The lowest BCUT2D eigenvalue weighted by Gasteiger charge is -2.36. The lowest BCUT2D eigenvalue weighted by molar-refractivity contribution is -0.147. The van der Waals surface area contributed by atoms with Crippen molar-refractivity contribution in [2.24, 2.45) is 0 Å². The minimum atomic E-state index is -0.833. The van der Waals surface area contributed by atoms with Gasteiger partial charge >= 0.3 is 5.97 Å². The first-order valence-electron chi connectivity index (χ1n) is 10.3. The topological polar surface area (TPSA) is 106 Å². The number of carbonyl (C=O) groups is 3. The van der Waals surface area contributed by atoms with E-state index in [-0.39, 0.29) is 17.4 Å². The van der Waals surface area contributed by atoms with Crippen LogP contribution >= 0.6 is 12.2 Å². The minimum Gasteiger partial charge on any atom is -0.493 e. The van der Waals surface area contributed by atoms with Gasteiger partial charge in [-0.15, -0.1) is 0 Å². The third kappa shape index (κ3) is 7.23. The van der Waals surface area contributed by atoms with Crippen LogP contribution < -0.4 is 20.1 Å². The number of thiocarbonyl (C=S) groups is 1. The van der Waals surface area contributed by atoms with E-state index in [2.05, 4.69) is 10.6 Å². The first kappa shape index (κ1) is 25.1. The zero-order chi connectivity index (χ0) is 23.5. The molecule has 174 valence electrons. The number of carbonyl (C=O) groups excluding carboxylic acids is 3. The zero-order valence-electron chi connectivity index (χ0n) is 18.5. The number of piperazine rings is 1. The average Bonchev–Trinajstić information content (AvgIpc) is 2.78. The van der Waals surface area contributed by atoms with E-state index in [9.17, 15) is 14.4 Å². The van der Waals surface area contributed by atoms with Crippen molar-refractivity contribution in [2.75, 3.05) is 33.9 Å². The normalized spacial score (nSPS) is 15.8. The predicted molar refractivity (Wildman–Crippen MR) is 123 cm³/mol. The van der Waals surface area contributed by atoms with E-state index in [4.69, 9.17) is 26.4 Å². The molecule has 0 aliphatic carbocycles. The Hall–Kier alpha value is -3.14. The molecule has 1 atom stereocenters. The third-order valence-electron chi connectivity index (χ3n) is 4.78. The molecule has 1 saturated heterocycles. The summed E-state index contributed by atoms with van der Waals surface area (Å²) in [6, 6.07) is 4.41. The lowest BCUT2D eigenvalue weighted by atomic mass is 10.1. The van der Waals surface area contributed by atoms with Gasteiger partial charge in [0.1, 0.15) is 6.04 Å². The van der Waals surface area contributed by atoms with Gasteiger partial charge in [-0.3, -0.25) is 19.7 Å². The fourth-order valence-corrected chi connectivity index (χ4v) is 3.37. The molecule has 1 aliphatic heterocycles. The molecule has 0 saturated carbocycles. The van der Waals surface area contributed by atoms with Crippen LogP contribution in [-0.2, 0) is 19.1 Å². The van der Waals surface area contributed by atoms with E-state index in [1.807, 2.05) is 6.92 Å². The number of ether oxygens (including phenoxy) is 3. The van der Waals surface area contributed by atoms with Gasteiger partial charge in [0.05, 0.1) is 27.2 Å². The van der Waals surface area contributed by atoms with Crippen LogP contribution in [0.15, 0.2) is 24.3 Å². The maximum absolute atomic E-state index is 12.4. The molecule has 1 aromatic carbocycles. The molecule has 10 heteroatoms. The van der Waals surface area contributed by atoms with Gasteiger partial charge in [-0.05, 0) is 42.4 Å². The van der Waals surface area contributed by atoms with Gasteiger partial charge in [0, 0.05) is 19.2 Å². The summed E-state index contributed by atoms with van der Waals surface area (Å²) in [4.78, 5) is 38.3. The summed E-state index contributed by atoms with van der Waals surface area (Å²) in [7, 11) is 3.07. The second-order valence-corrected chi connectivity index (χ2v) is 7.41. The van der Waals surface area contributed by atoms with Crippen molar-refractivity contribution in [3.8, 4) is 11.5 Å². The number of hydrogen-bond donors (Lipinski definition) is 2. The zero-order valence-corrected chi connectivity index (χ0v) is 19.3. The molecular formula is C22H29N3O6S. The van der Waals surface area contributed by atoms with Gasteiger partial charge in [-0.2, -0.15) is 0 Å². The Bertz CT molecular complexity index is 873. The highest BCUT2D eigenvalue weighted by Crippen LogP contribution is 2.27. The highest BCUT2D eigenvalue weighted by molar-refractivity contribution is 7.80. The Morgan fingerprint density at radius 2 is 2.03 bits per heavy atom. The quantitative estimate of drug-likeness (QED) is 0.247. The number of nitrogens with zero attached hydrogens (tertiary/aromatic N) is 1. The van der Waals surface area contributed by atoms with Crippen molar-refractivity contribution in [3.63, 3.8) is 0 Å². The molecule has 2 rings (SSSR count). The van der Waals surface area contributed by atoms with Crippen molar-refractivity contribution in [1.29, 1.82) is 0 Å². The number of methoxy groups -OCH3 is 2. The van der Waals surface area contributed by atoms with Crippen molar-refractivity contribution in [1.82, 2.24) is 15.5 Å². The molecule has 0 spiro atoms. The number of unbranched alkanes of at least 4 members (excludes halogenated alkanes) is 1. The Labute approximate surface area is 193 Å². The number of rotatable bonds is 9. The van der Waals surface area contributed by atoms with Crippen LogP contribution in [0, 0.1) is 0 Å². The van der Waals surface area contributed by atoms with Crippen molar-refractivity contribution >= 4 is 41.2 Å². The monoisotopic (exact) mass is 463 g/mol. The van der Waals surface area contributed by atoms with E-state index < -0.39 is 17.9 Å². The number of nitrogens with one attached hydrogen (secondary N) is 2. The van der Waals surface area contributed by atoms with Crippen molar-refractivity contribution in [2.45, 2.75) is 32.2 Å². The molecule has 2 amide bonds. The van der Waals surface area contributed by atoms with Crippen LogP contribution in [0.5, 0.6) is 11.5 Å². The Morgan fingerprint density at radius 3 is 2.72 bits per heavy atom. The predicted octanol–water partition coefficient (Wildman–Crippen LogP) is 1.65. The smallest absolute Gasteiger partial charge is 0.308 e. The Morgan fingerprint density at radius 1 is 1.28 bits per heavy atom. The van der Waals surface area contributed by atoms with Gasteiger partial charge in [0.25, 0.3) is 0 Å². The molecule has 1 fully saturated rings. The SMILES string of the molecule is CCCCOC(=O)CC1C(=O)NCCN1C(=S)NC(=O)/C=C/c1ccc(OC)c(OC)c1. The van der Waals surface area contributed by atoms with Gasteiger partial charge in [-0.25, -0.2) is 0 Å². The molecule has 1 aromatic rings. The van der Waals surface area contributed by atoms with E-state index in [1.165, 1.54) is 18.1 Å². The summed E-state index contributed by atoms with van der Waals surface area (Å²) in [6.07, 6.45) is 4.44. The van der Waals surface area contributed by atoms with Crippen molar-refractivity contribution in [3.05, 3.63) is 29.8 Å². The number of esters is 1. The number of hydrogen-bond acceptors (Lipinski definition) is 7. The minimum absolute atomic E-state index is 0.0770. The molecular weight excluding hydrogens is 434 g/mol. The second kappa shape index (κ2) is 12.7. The lowest BCUT2D eigenvalue weighted by Crippen LogP contribution is -2.60. The molecule has 2 N–H and O–H groups in total. The van der Waals surface area contributed by atoms with Crippen LogP contribution in [0.4, 0.5) is 0 Å². The van der Waals surface area contributed by atoms with Gasteiger partial charge in [0.15, 0.2) is 16.6 Å². The van der Waals surface area contributed by atoms with Crippen LogP contribution in [0.2, 0.25) is 0 Å². The van der Waals surface area contributed by atoms with Gasteiger partial charge in [0.2, 0.25) is 11.8 Å². The Balaban J connectivity index is 1.99. The molecule has 0 aromatic heterocycles. The summed E-state index contributed by atoms with van der Waals surface area (Å²) in [5.74, 6) is -0.148. The van der Waals surface area contributed by atoms with Crippen LogP contribution in [0.25, 0.3) is 6.08 Å². The number of amides is 2. The maximum atomic E-state index is 12.4. The molecule has 32 heavy (non-hydrogen) atoms. The summed E-state index contributed by atoms with van der Waals surface area (Å²) in [5, 5.41) is 5.38. The molecule has 0 bridgehead atoms. The van der Waals surface area contributed by atoms with E-state index in [0.29, 0.717) is 31.2 Å². The molecule has 0 radical (unpaired) electrons. The summed E-state index contributed by atoms with van der Waals surface area (Å²) < 4.78 is 15.6. The molecule has 1 heterocycles. The fourth-order valence-electron chi connectivity index (χ4n) is 3.06. The van der Waals surface area contributed by atoms with E-state index >= 15 is 0 Å². The number of benzene rings is 1. The first-order chi connectivity index (χ1) is 15.4. The molecule has 1 unspecified atom stereocenters. The highest BCUT2D eigenvalue weighted by Gasteiger charge is 2.34. The summed E-state index contributed by atoms with van der Waals surface area (Å²) >= 11 is 5.33. The molecule has 1 aliphatic rings. The van der Waals surface area contributed by atoms with Gasteiger partial charge in [-0.1, -0.05) is 19.4 Å². The van der Waals surface area contributed by atoms with Crippen LogP contribution in [0.3, 0.4) is 0 Å². The van der Waals surface area contributed by atoms with Crippen molar-refractivity contribution < 1.29 is 28.6 Å². The third-order valence-corrected chi connectivity index (χ3v) is 5.11. The second-order valence-electron chi connectivity index (χ2n) is 7.02. The average molecular weight is 464 g/mol.